The largest absolute Gasteiger partial charge is 0.481 e. The van der Waals surface area contributed by atoms with Gasteiger partial charge in [-0.05, 0) is 24.7 Å². The van der Waals surface area contributed by atoms with E-state index in [1.54, 1.807) is 6.92 Å². The molecule has 2 aliphatic rings. The molecule has 3 N–H and O–H groups in total. The van der Waals surface area contributed by atoms with Gasteiger partial charge in [-0.25, -0.2) is 0 Å². The van der Waals surface area contributed by atoms with Gasteiger partial charge < -0.3 is 20.1 Å². The molecule has 2 fully saturated rings. The number of carboxylic acid groups (broad SMARTS) is 1. The number of hydrogen-bond acceptors (Lipinski definition) is 5. The first-order chi connectivity index (χ1) is 10.9. The maximum atomic E-state index is 12.5. The Hall–Kier alpha value is -1.14. The van der Waals surface area contributed by atoms with Crippen molar-refractivity contribution in [2.75, 3.05) is 19.8 Å². The molecule has 0 aromatic heterocycles. The fourth-order valence-electron chi connectivity index (χ4n) is 4.11. The number of fused-ring (bicyclic) bond motifs is 1. The van der Waals surface area contributed by atoms with Crippen LogP contribution in [-0.2, 0) is 14.3 Å². The molecule has 4 atom stereocenters. The summed E-state index contributed by atoms with van der Waals surface area (Å²) in [5, 5.41) is 28.1. The number of carboxylic acids is 1. The quantitative estimate of drug-likeness (QED) is 0.637. The average molecular weight is 328 g/mol. The second-order valence-electron chi connectivity index (χ2n) is 7.49. The number of ether oxygens (including phenoxy) is 1. The standard InChI is InChI=1S/C17H28O6/c1-17(8-18,9-19)10-23-16(22)13-7-3-5-11-4-2-6-12(14(11)13)15(20)21/h11-14,18-19H,2-10H2,1H3,(H,20,21). The summed E-state index contributed by atoms with van der Waals surface area (Å²) in [6, 6.07) is 0. The molecule has 0 heterocycles. The zero-order valence-electron chi connectivity index (χ0n) is 13.7. The molecule has 0 amide bonds. The lowest BCUT2D eigenvalue weighted by Gasteiger charge is -2.43. The molecule has 23 heavy (non-hydrogen) atoms. The lowest BCUT2D eigenvalue weighted by atomic mass is 9.61. The number of aliphatic carboxylic acids is 1. The van der Waals surface area contributed by atoms with Crippen molar-refractivity contribution in [1.29, 1.82) is 0 Å². The minimum absolute atomic E-state index is 0.0511. The molecule has 0 aromatic rings. The number of hydrogen-bond donors (Lipinski definition) is 3. The predicted octanol–water partition coefficient (Wildman–Crippen LogP) is 1.44. The molecule has 0 radical (unpaired) electrons. The summed E-state index contributed by atoms with van der Waals surface area (Å²) in [5.74, 6) is -1.88. The number of carbonyl (C=O) groups excluding carboxylic acids is 1. The van der Waals surface area contributed by atoms with Crippen LogP contribution in [0.3, 0.4) is 0 Å². The van der Waals surface area contributed by atoms with Crippen LogP contribution in [0.1, 0.15) is 45.4 Å². The van der Waals surface area contributed by atoms with Crippen molar-refractivity contribution in [3.63, 3.8) is 0 Å². The highest BCUT2D eigenvalue weighted by Crippen LogP contribution is 2.47. The van der Waals surface area contributed by atoms with Crippen molar-refractivity contribution in [1.82, 2.24) is 0 Å². The Morgan fingerprint density at radius 3 is 2.13 bits per heavy atom. The van der Waals surface area contributed by atoms with E-state index in [4.69, 9.17) is 4.74 Å². The Morgan fingerprint density at radius 1 is 1.04 bits per heavy atom. The van der Waals surface area contributed by atoms with Gasteiger partial charge in [0.15, 0.2) is 0 Å². The van der Waals surface area contributed by atoms with Gasteiger partial charge in [0.2, 0.25) is 0 Å². The van der Waals surface area contributed by atoms with Gasteiger partial charge in [0.05, 0.1) is 25.0 Å². The monoisotopic (exact) mass is 328 g/mol. The third-order valence-electron chi connectivity index (χ3n) is 5.60. The lowest BCUT2D eigenvalue weighted by Crippen LogP contribution is -2.45. The Morgan fingerprint density at radius 2 is 1.61 bits per heavy atom. The first-order valence-corrected chi connectivity index (χ1v) is 8.53. The van der Waals surface area contributed by atoms with E-state index in [9.17, 15) is 24.9 Å². The topological polar surface area (TPSA) is 104 Å². The van der Waals surface area contributed by atoms with E-state index in [0.29, 0.717) is 18.8 Å². The Labute approximate surface area is 136 Å². The molecule has 132 valence electrons. The first kappa shape index (κ1) is 18.2. The second kappa shape index (κ2) is 7.62. The zero-order valence-corrected chi connectivity index (χ0v) is 13.7. The fraction of sp³-hybridized carbons (Fsp3) is 0.882. The highest BCUT2D eigenvalue weighted by atomic mass is 16.5. The number of aliphatic hydroxyl groups is 2. The third-order valence-corrected chi connectivity index (χ3v) is 5.60. The minimum atomic E-state index is -0.859. The molecule has 0 bridgehead atoms. The van der Waals surface area contributed by atoms with Crippen molar-refractivity contribution in [2.24, 2.45) is 29.1 Å². The minimum Gasteiger partial charge on any atom is -0.481 e. The van der Waals surface area contributed by atoms with Gasteiger partial charge in [0.25, 0.3) is 0 Å². The van der Waals surface area contributed by atoms with Gasteiger partial charge in [-0.3, -0.25) is 9.59 Å². The van der Waals surface area contributed by atoms with E-state index in [0.717, 1.165) is 25.7 Å². The van der Waals surface area contributed by atoms with E-state index < -0.39 is 17.3 Å². The Kier molecular flexibility index (Phi) is 6.03. The number of carbonyl (C=O) groups is 2. The number of esters is 1. The van der Waals surface area contributed by atoms with Crippen molar-refractivity contribution < 1.29 is 29.6 Å². The molecule has 0 aliphatic heterocycles. The van der Waals surface area contributed by atoms with E-state index in [-0.39, 0.29) is 37.6 Å². The number of aliphatic hydroxyl groups excluding tert-OH is 2. The van der Waals surface area contributed by atoms with Gasteiger partial charge >= 0.3 is 11.9 Å². The molecule has 0 spiro atoms. The van der Waals surface area contributed by atoms with Crippen LogP contribution in [0.2, 0.25) is 0 Å². The SMILES string of the molecule is CC(CO)(CO)COC(=O)C1CCCC2CCCC(C(=O)O)C21. The third kappa shape index (κ3) is 4.04. The second-order valence-corrected chi connectivity index (χ2v) is 7.49. The zero-order chi connectivity index (χ0) is 17.0. The summed E-state index contributed by atoms with van der Waals surface area (Å²) in [5.41, 5.74) is -0.859. The van der Waals surface area contributed by atoms with Gasteiger partial charge in [-0.1, -0.05) is 32.6 Å². The normalized spacial score (nSPS) is 31.3. The summed E-state index contributed by atoms with van der Waals surface area (Å²) in [7, 11) is 0. The highest BCUT2D eigenvalue weighted by Gasteiger charge is 2.47. The van der Waals surface area contributed by atoms with Gasteiger partial charge in [0.1, 0.15) is 6.61 Å². The molecule has 2 aliphatic carbocycles. The average Bonchev–Trinajstić information content (AvgIpc) is 2.58. The summed E-state index contributed by atoms with van der Waals surface area (Å²) in [4.78, 5) is 24.1. The molecule has 2 rings (SSSR count). The maximum absolute atomic E-state index is 12.5. The molecular formula is C17H28O6. The molecule has 0 aromatic carbocycles. The van der Waals surface area contributed by atoms with Crippen molar-refractivity contribution >= 4 is 11.9 Å². The smallest absolute Gasteiger partial charge is 0.309 e. The molecule has 0 saturated heterocycles. The van der Waals surface area contributed by atoms with E-state index in [1.165, 1.54) is 0 Å². The molecule has 4 unspecified atom stereocenters. The van der Waals surface area contributed by atoms with Crippen LogP contribution in [0, 0.1) is 29.1 Å². The van der Waals surface area contributed by atoms with Crippen molar-refractivity contribution in [3.05, 3.63) is 0 Å². The van der Waals surface area contributed by atoms with Crippen LogP contribution in [0.4, 0.5) is 0 Å². The van der Waals surface area contributed by atoms with Crippen LogP contribution >= 0.6 is 0 Å². The van der Waals surface area contributed by atoms with E-state index in [1.807, 2.05) is 0 Å². The lowest BCUT2D eigenvalue weighted by molar-refractivity contribution is -0.164. The van der Waals surface area contributed by atoms with Crippen LogP contribution in [0.15, 0.2) is 0 Å². The first-order valence-electron chi connectivity index (χ1n) is 8.53. The molecule has 6 heteroatoms. The summed E-state index contributed by atoms with van der Waals surface area (Å²) in [6.45, 7) is 1.05. The predicted molar refractivity (Wildman–Crippen MR) is 82.5 cm³/mol. The van der Waals surface area contributed by atoms with Crippen LogP contribution in [0.25, 0.3) is 0 Å². The van der Waals surface area contributed by atoms with Gasteiger partial charge in [-0.15, -0.1) is 0 Å². The van der Waals surface area contributed by atoms with Crippen LogP contribution < -0.4 is 0 Å². The van der Waals surface area contributed by atoms with E-state index in [2.05, 4.69) is 0 Å². The summed E-state index contributed by atoms with van der Waals surface area (Å²) >= 11 is 0. The summed E-state index contributed by atoms with van der Waals surface area (Å²) in [6.07, 6.45) is 5.11. The Balaban J connectivity index is 2.06. The van der Waals surface area contributed by atoms with Crippen LogP contribution in [-0.4, -0.2) is 47.1 Å². The van der Waals surface area contributed by atoms with Crippen LogP contribution in [0.5, 0.6) is 0 Å². The maximum Gasteiger partial charge on any atom is 0.309 e. The fourth-order valence-corrected chi connectivity index (χ4v) is 4.11. The van der Waals surface area contributed by atoms with Gasteiger partial charge in [-0.2, -0.15) is 0 Å². The van der Waals surface area contributed by atoms with Crippen molar-refractivity contribution in [2.45, 2.75) is 45.4 Å². The molecule has 6 nitrogen and oxygen atoms in total. The molecule has 2 saturated carbocycles. The number of rotatable bonds is 6. The highest BCUT2D eigenvalue weighted by molar-refractivity contribution is 5.76. The summed E-state index contributed by atoms with van der Waals surface area (Å²) < 4.78 is 5.35. The molecular weight excluding hydrogens is 300 g/mol. The van der Waals surface area contributed by atoms with Gasteiger partial charge in [0, 0.05) is 5.41 Å². The van der Waals surface area contributed by atoms with E-state index >= 15 is 0 Å². The van der Waals surface area contributed by atoms with Crippen molar-refractivity contribution in [3.8, 4) is 0 Å². The Bertz CT molecular complexity index is 429.